The molecule has 6 rings (SSSR count). The number of aromatic hydroxyl groups is 1. The minimum atomic E-state index is -1.28. The Bertz CT molecular complexity index is 1610. The van der Waals surface area contributed by atoms with Crippen LogP contribution >= 0.6 is 0 Å². The van der Waals surface area contributed by atoms with Crippen LogP contribution < -0.4 is 5.43 Å². The number of phenolic OH excluding ortho intramolecular Hbond substituents is 1. The number of hydrogen-bond acceptors (Lipinski definition) is 4. The lowest BCUT2D eigenvalue weighted by Gasteiger charge is -2.43. The molecule has 4 aromatic rings. The average Bonchev–Trinajstić information content (AvgIpc) is 3.16. The average molecular weight is 501 g/mol. The highest BCUT2D eigenvalue weighted by Gasteiger charge is 2.66. The zero-order chi connectivity index (χ0) is 26.4. The minimum Gasteiger partial charge on any atom is -0.508 e. The van der Waals surface area contributed by atoms with E-state index in [2.05, 4.69) is 12.0 Å². The van der Waals surface area contributed by atoms with Crippen LogP contribution in [0.5, 0.6) is 5.75 Å². The number of phenols is 1. The van der Waals surface area contributed by atoms with Crippen LogP contribution in [0.3, 0.4) is 0 Å². The highest BCUT2D eigenvalue weighted by atomic mass is 16.3. The molecule has 0 radical (unpaired) electrons. The van der Waals surface area contributed by atoms with Gasteiger partial charge in [-0.2, -0.15) is 5.01 Å². The summed E-state index contributed by atoms with van der Waals surface area (Å²) in [6.07, 6.45) is 4.13. The zero-order valence-corrected chi connectivity index (χ0v) is 21.1. The number of amides is 2. The molecule has 38 heavy (non-hydrogen) atoms. The Labute approximate surface area is 221 Å². The van der Waals surface area contributed by atoms with Crippen LogP contribution in [0.1, 0.15) is 29.0 Å². The smallest absolute Gasteiger partial charge is 0.260 e. The van der Waals surface area contributed by atoms with Crippen LogP contribution in [0.25, 0.3) is 10.8 Å². The summed E-state index contributed by atoms with van der Waals surface area (Å²) < 4.78 is 0. The van der Waals surface area contributed by atoms with E-state index < -0.39 is 17.3 Å². The van der Waals surface area contributed by atoms with E-state index in [-0.39, 0.29) is 17.6 Å². The lowest BCUT2D eigenvalue weighted by atomic mass is 9.55. The maximum absolute atomic E-state index is 14.7. The molecule has 1 saturated heterocycles. The maximum atomic E-state index is 14.7. The topological polar surface area (TPSA) is 69.6 Å². The molecule has 0 unspecified atom stereocenters. The maximum Gasteiger partial charge on any atom is 0.260 e. The third-order valence-corrected chi connectivity index (χ3v) is 8.02. The molecule has 1 fully saturated rings. The fourth-order valence-electron chi connectivity index (χ4n) is 6.28. The first-order chi connectivity index (χ1) is 18.5. The Morgan fingerprint density at radius 3 is 2.39 bits per heavy atom. The second kappa shape index (κ2) is 9.03. The second-order valence-corrected chi connectivity index (χ2v) is 10.0. The number of anilines is 1. The Morgan fingerprint density at radius 1 is 0.947 bits per heavy atom. The number of imide groups is 1. The van der Waals surface area contributed by atoms with Crippen molar-refractivity contribution in [3.05, 3.63) is 132 Å². The molecule has 1 aliphatic carbocycles. The third-order valence-electron chi connectivity index (χ3n) is 8.02. The van der Waals surface area contributed by atoms with E-state index in [1.165, 1.54) is 5.01 Å². The van der Waals surface area contributed by atoms with Gasteiger partial charge in [-0.25, -0.2) is 0 Å². The predicted octanol–water partition coefficient (Wildman–Crippen LogP) is 6.40. The number of benzene rings is 4. The van der Waals surface area contributed by atoms with Gasteiger partial charge in [0, 0.05) is 11.5 Å². The summed E-state index contributed by atoms with van der Waals surface area (Å²) in [5.41, 5.74) is 5.73. The summed E-state index contributed by atoms with van der Waals surface area (Å²) >= 11 is 0. The molecule has 1 aliphatic heterocycles. The van der Waals surface area contributed by atoms with Crippen molar-refractivity contribution in [2.45, 2.75) is 24.7 Å². The van der Waals surface area contributed by atoms with Gasteiger partial charge in [-0.3, -0.25) is 15.0 Å². The van der Waals surface area contributed by atoms with Gasteiger partial charge in [0.05, 0.1) is 17.0 Å². The third kappa shape index (κ3) is 3.39. The number of nitrogens with one attached hydrogen (secondary N) is 1. The fraction of sp³-hybridized carbons (Fsp3) is 0.152. The summed E-state index contributed by atoms with van der Waals surface area (Å²) in [5.74, 6) is -1.84. The van der Waals surface area contributed by atoms with Crippen LogP contribution in [-0.2, 0) is 15.0 Å². The molecular weight excluding hydrogens is 472 g/mol. The Morgan fingerprint density at radius 2 is 1.66 bits per heavy atom. The molecule has 1 heterocycles. The number of allylic oxidation sites excluding steroid dienone is 3. The van der Waals surface area contributed by atoms with E-state index in [0.717, 1.165) is 27.5 Å². The molecule has 2 N–H and O–H groups in total. The Kier molecular flexibility index (Phi) is 5.64. The van der Waals surface area contributed by atoms with E-state index in [9.17, 15) is 14.7 Å². The lowest BCUT2D eigenvalue weighted by Crippen LogP contribution is -2.48. The van der Waals surface area contributed by atoms with Crippen molar-refractivity contribution in [3.63, 3.8) is 0 Å². The van der Waals surface area contributed by atoms with Gasteiger partial charge < -0.3 is 5.11 Å². The van der Waals surface area contributed by atoms with Crippen LogP contribution in [0, 0.1) is 12.8 Å². The van der Waals surface area contributed by atoms with E-state index in [1.54, 1.807) is 12.1 Å². The first kappa shape index (κ1) is 23.7. The summed E-state index contributed by atoms with van der Waals surface area (Å²) in [6.45, 7) is 6.06. The first-order valence-electron chi connectivity index (χ1n) is 12.8. The Hall–Kier alpha value is -4.64. The predicted molar refractivity (Wildman–Crippen MR) is 150 cm³/mol. The highest BCUT2D eigenvalue weighted by molar-refractivity contribution is 6.13. The van der Waals surface area contributed by atoms with Gasteiger partial charge in [-0.1, -0.05) is 97.1 Å². The van der Waals surface area contributed by atoms with Crippen LogP contribution in [0.4, 0.5) is 5.69 Å². The quantitative estimate of drug-likeness (QED) is 0.311. The molecule has 0 spiro atoms. The standard InChI is InChI=1S/C33H28N2O3/c1-3-22-15-19-27-31(37)35(34-25-17-13-21(2)14-18-25)32(38)33(27,24-10-5-4-6-11-24)30(22)29-26-12-8-7-9-23(26)16-20-28(29)36/h3-18,20,27,30,34,36H,1,19H2,2H3/t27-,30+,33+/m0/s1. The number of carbonyl (C=O) groups is 2. The Balaban J connectivity index is 1.63. The monoisotopic (exact) mass is 500 g/mol. The van der Waals surface area contributed by atoms with E-state index >= 15 is 0 Å². The number of hydrogen-bond donors (Lipinski definition) is 2. The largest absolute Gasteiger partial charge is 0.508 e. The van der Waals surface area contributed by atoms with Crippen molar-refractivity contribution in [3.8, 4) is 5.75 Å². The van der Waals surface area contributed by atoms with Crippen molar-refractivity contribution in [2.24, 2.45) is 5.92 Å². The number of carbonyl (C=O) groups excluding carboxylic acids is 2. The van der Waals surface area contributed by atoms with Gasteiger partial charge in [0.25, 0.3) is 11.8 Å². The number of fused-ring (bicyclic) bond motifs is 2. The van der Waals surface area contributed by atoms with Crippen molar-refractivity contribution in [1.29, 1.82) is 0 Å². The van der Waals surface area contributed by atoms with Gasteiger partial charge in [-0.05, 0) is 53.5 Å². The lowest BCUT2D eigenvalue weighted by molar-refractivity contribution is -0.138. The van der Waals surface area contributed by atoms with Gasteiger partial charge in [-0.15, -0.1) is 0 Å². The van der Waals surface area contributed by atoms with Gasteiger partial charge in [0.1, 0.15) is 5.75 Å². The molecule has 5 heteroatoms. The highest BCUT2D eigenvalue weighted by Crippen LogP contribution is 2.59. The molecule has 188 valence electrons. The summed E-state index contributed by atoms with van der Waals surface area (Å²) in [5, 5.41) is 14.3. The summed E-state index contributed by atoms with van der Waals surface area (Å²) in [4.78, 5) is 28.8. The van der Waals surface area contributed by atoms with Crippen molar-refractivity contribution >= 4 is 28.3 Å². The number of hydrazine groups is 1. The van der Waals surface area contributed by atoms with Crippen molar-refractivity contribution in [2.75, 3.05) is 5.43 Å². The zero-order valence-electron chi connectivity index (χ0n) is 21.1. The SMILES string of the molecule is C=CC1=CC[C@H]2C(=O)N(Nc3ccc(C)cc3)C(=O)[C@@]2(c2ccccc2)[C@H]1c1c(O)ccc2ccccc12. The second-order valence-electron chi connectivity index (χ2n) is 10.0. The molecule has 3 atom stereocenters. The number of rotatable bonds is 5. The van der Waals surface area contributed by atoms with Crippen LogP contribution in [0.15, 0.2) is 115 Å². The van der Waals surface area contributed by atoms with Crippen LogP contribution in [-0.4, -0.2) is 21.9 Å². The van der Waals surface area contributed by atoms with E-state index in [0.29, 0.717) is 17.7 Å². The normalized spacial score (nSPS) is 22.8. The van der Waals surface area contributed by atoms with E-state index in [1.807, 2.05) is 97.9 Å². The minimum absolute atomic E-state index is 0.0857. The summed E-state index contributed by atoms with van der Waals surface area (Å²) in [7, 11) is 0. The molecule has 0 saturated carbocycles. The van der Waals surface area contributed by atoms with E-state index in [4.69, 9.17) is 0 Å². The van der Waals surface area contributed by atoms with Gasteiger partial charge in [0.2, 0.25) is 0 Å². The molecule has 0 bridgehead atoms. The van der Waals surface area contributed by atoms with Gasteiger partial charge in [0.15, 0.2) is 0 Å². The molecular formula is C33H28N2O3. The first-order valence-corrected chi connectivity index (χ1v) is 12.8. The fourth-order valence-corrected chi connectivity index (χ4v) is 6.28. The molecule has 4 aromatic carbocycles. The summed E-state index contributed by atoms with van der Waals surface area (Å²) in [6, 6.07) is 28.4. The number of aryl methyl sites for hydroxylation is 1. The molecule has 0 aromatic heterocycles. The number of nitrogens with zero attached hydrogens (tertiary/aromatic N) is 1. The van der Waals surface area contributed by atoms with Gasteiger partial charge >= 0.3 is 0 Å². The molecule has 5 nitrogen and oxygen atoms in total. The molecule has 2 aliphatic rings. The molecule has 2 amide bonds. The van der Waals surface area contributed by atoms with Crippen molar-refractivity contribution < 1.29 is 14.7 Å². The van der Waals surface area contributed by atoms with Crippen LogP contribution in [0.2, 0.25) is 0 Å². The van der Waals surface area contributed by atoms with Crippen molar-refractivity contribution in [1.82, 2.24) is 5.01 Å².